The molecule has 0 rings (SSSR count). The molecule has 11 N–H and O–H groups in total. The smallest absolute Gasteiger partial charge is 0.382 e. The average molecular weight is 223 g/mol. The van der Waals surface area contributed by atoms with Crippen molar-refractivity contribution >= 4 is 10.4 Å². The van der Waals surface area contributed by atoms with Gasteiger partial charge in [0.2, 0.25) is 0 Å². The minimum absolute atomic E-state index is 0. The lowest BCUT2D eigenvalue weighted by atomic mass is 10.8. The van der Waals surface area contributed by atoms with Crippen LogP contribution in [-0.4, -0.2) is 30.7 Å². The summed E-state index contributed by atoms with van der Waals surface area (Å²) in [6.07, 6.45) is 0. The zero-order valence-corrected chi connectivity index (χ0v) is 8.88. The van der Waals surface area contributed by atoms with Crippen LogP contribution in [0.4, 0.5) is 0 Å². The molecule has 0 heterocycles. The third kappa shape index (κ3) is 378. The lowest BCUT2D eigenvalue weighted by Crippen LogP contribution is -1.89. The van der Waals surface area contributed by atoms with Crippen molar-refractivity contribution in [1.29, 1.82) is 0 Å². The second-order valence-electron chi connectivity index (χ2n) is 1.23. The fraction of sp³-hybridized carbons (Fsp3) is 1.00. The summed E-state index contributed by atoms with van der Waals surface area (Å²) >= 11 is 0. The summed E-state index contributed by atoms with van der Waals surface area (Å²) in [5.74, 6) is 0. The van der Waals surface area contributed by atoms with Crippen molar-refractivity contribution in [3.05, 3.63) is 0 Å². The van der Waals surface area contributed by atoms with Gasteiger partial charge in [0.05, 0.1) is 0 Å². The summed E-state index contributed by atoms with van der Waals surface area (Å²) in [4.78, 5) is 0. The van der Waals surface area contributed by atoms with Crippen molar-refractivity contribution in [2.45, 2.75) is 13.8 Å². The first-order valence-corrected chi connectivity index (χ1v) is 4.09. The van der Waals surface area contributed by atoms with E-state index >= 15 is 0 Å². The van der Waals surface area contributed by atoms with Crippen LogP contribution in [0.15, 0.2) is 0 Å². The summed E-state index contributed by atoms with van der Waals surface area (Å²) < 4.78 is 36.4. The van der Waals surface area contributed by atoms with Crippen LogP contribution in [0.1, 0.15) is 13.8 Å². The molecule has 0 spiro atoms. The van der Waals surface area contributed by atoms with Gasteiger partial charge in [0.1, 0.15) is 0 Å². The molecular formula is C4H21N3O5S. The van der Waals surface area contributed by atoms with Crippen LogP contribution in [0.5, 0.6) is 0 Å². The maximum atomic E-state index is 8.74. The molecule has 0 atom stereocenters. The SMILES string of the molecule is CCOCC.N.N.N.O=S(=O)(O)O. The largest absolute Gasteiger partial charge is 0.394 e. The van der Waals surface area contributed by atoms with Gasteiger partial charge in [0.15, 0.2) is 0 Å². The van der Waals surface area contributed by atoms with Crippen LogP contribution >= 0.6 is 0 Å². The molecule has 0 saturated heterocycles. The molecule has 0 aliphatic rings. The Morgan fingerprint density at radius 1 is 1.00 bits per heavy atom. The molecule has 0 unspecified atom stereocenters. The minimum Gasteiger partial charge on any atom is -0.382 e. The van der Waals surface area contributed by atoms with E-state index in [0.29, 0.717) is 0 Å². The van der Waals surface area contributed by atoms with E-state index in [0.717, 1.165) is 13.2 Å². The third-order valence-electron chi connectivity index (χ3n) is 0.408. The minimum atomic E-state index is -4.67. The van der Waals surface area contributed by atoms with Gasteiger partial charge in [-0.2, -0.15) is 8.42 Å². The highest BCUT2D eigenvalue weighted by Crippen LogP contribution is 1.64. The Balaban J connectivity index is -0.0000000267. The monoisotopic (exact) mass is 223 g/mol. The molecule has 0 aliphatic heterocycles. The molecule has 88 valence electrons. The standard InChI is InChI=1S/C4H10O.3H3N.H2O4S/c1-3-5-4-2;;;;1-5(2,3)4/h3-4H2,1-2H3;3*1H3;(H2,1,2,3,4). The lowest BCUT2D eigenvalue weighted by Gasteiger charge is -1.86. The zero-order valence-electron chi connectivity index (χ0n) is 8.06. The molecule has 9 heteroatoms. The van der Waals surface area contributed by atoms with Gasteiger partial charge in [-0.25, -0.2) is 0 Å². The number of ether oxygens (including phenoxy) is 1. The van der Waals surface area contributed by atoms with Crippen molar-refractivity contribution in [3.8, 4) is 0 Å². The first kappa shape index (κ1) is 29.3. The van der Waals surface area contributed by atoms with E-state index in [1.807, 2.05) is 13.8 Å². The molecule has 0 aromatic carbocycles. The van der Waals surface area contributed by atoms with Crippen molar-refractivity contribution in [3.63, 3.8) is 0 Å². The molecule has 0 aromatic heterocycles. The van der Waals surface area contributed by atoms with E-state index in [1.165, 1.54) is 0 Å². The van der Waals surface area contributed by atoms with Gasteiger partial charge < -0.3 is 23.2 Å². The van der Waals surface area contributed by atoms with E-state index in [9.17, 15) is 0 Å². The summed E-state index contributed by atoms with van der Waals surface area (Å²) in [6.45, 7) is 5.67. The Kier molecular flexibility index (Phi) is 39.9. The van der Waals surface area contributed by atoms with Gasteiger partial charge in [-0.05, 0) is 13.8 Å². The highest BCUT2D eigenvalue weighted by atomic mass is 32.3. The predicted octanol–water partition coefficient (Wildman–Crippen LogP) is 0.876. The highest BCUT2D eigenvalue weighted by Gasteiger charge is 1.84. The van der Waals surface area contributed by atoms with Crippen molar-refractivity contribution < 1.29 is 22.3 Å². The molecule has 0 saturated carbocycles. The van der Waals surface area contributed by atoms with E-state index in [1.54, 1.807) is 0 Å². The van der Waals surface area contributed by atoms with Crippen LogP contribution in [0, 0.1) is 0 Å². The normalized spacial score (nSPS) is 7.69. The number of hydrogen-bond acceptors (Lipinski definition) is 6. The number of hydrogen-bond donors (Lipinski definition) is 5. The molecule has 8 nitrogen and oxygen atoms in total. The zero-order chi connectivity index (χ0) is 8.62. The summed E-state index contributed by atoms with van der Waals surface area (Å²) in [7, 11) is -4.67. The molecular weight excluding hydrogens is 202 g/mol. The second-order valence-corrected chi connectivity index (χ2v) is 2.12. The molecule has 0 fully saturated rings. The molecule has 0 bridgehead atoms. The molecule has 0 radical (unpaired) electrons. The quantitative estimate of drug-likeness (QED) is 0.426. The second kappa shape index (κ2) is 17.7. The fourth-order valence-electron chi connectivity index (χ4n) is 0.204. The summed E-state index contributed by atoms with van der Waals surface area (Å²) in [5, 5.41) is 0. The van der Waals surface area contributed by atoms with Crippen LogP contribution < -0.4 is 18.5 Å². The Labute approximate surface area is 79.0 Å². The predicted molar refractivity (Wildman–Crippen MR) is 51.4 cm³/mol. The van der Waals surface area contributed by atoms with Gasteiger partial charge in [-0.1, -0.05) is 0 Å². The van der Waals surface area contributed by atoms with Crippen LogP contribution in [0.2, 0.25) is 0 Å². The van der Waals surface area contributed by atoms with Gasteiger partial charge >= 0.3 is 10.4 Å². The first-order valence-electron chi connectivity index (χ1n) is 2.69. The third-order valence-corrected chi connectivity index (χ3v) is 0.408. The van der Waals surface area contributed by atoms with E-state index in [2.05, 4.69) is 0 Å². The van der Waals surface area contributed by atoms with Crippen molar-refractivity contribution in [2.75, 3.05) is 13.2 Å². The molecule has 0 amide bonds. The Morgan fingerprint density at radius 3 is 1.15 bits per heavy atom. The Morgan fingerprint density at radius 2 is 1.15 bits per heavy atom. The van der Waals surface area contributed by atoms with Gasteiger partial charge in [0.25, 0.3) is 0 Å². The molecule has 13 heavy (non-hydrogen) atoms. The van der Waals surface area contributed by atoms with Crippen molar-refractivity contribution in [1.82, 2.24) is 18.5 Å². The van der Waals surface area contributed by atoms with Gasteiger partial charge in [-0.3, -0.25) is 9.11 Å². The fourth-order valence-corrected chi connectivity index (χ4v) is 0.204. The first-order chi connectivity index (χ1) is 4.41. The number of rotatable bonds is 2. The van der Waals surface area contributed by atoms with E-state index in [-0.39, 0.29) is 18.5 Å². The molecule has 0 aromatic rings. The highest BCUT2D eigenvalue weighted by molar-refractivity contribution is 7.79. The van der Waals surface area contributed by atoms with Gasteiger partial charge in [-0.15, -0.1) is 0 Å². The van der Waals surface area contributed by atoms with E-state index < -0.39 is 10.4 Å². The summed E-state index contributed by atoms with van der Waals surface area (Å²) in [5.41, 5.74) is 0. The van der Waals surface area contributed by atoms with Gasteiger partial charge in [0, 0.05) is 13.2 Å². The van der Waals surface area contributed by atoms with Crippen LogP contribution in [0.25, 0.3) is 0 Å². The lowest BCUT2D eigenvalue weighted by molar-refractivity contribution is 0.162. The topological polar surface area (TPSA) is 189 Å². The maximum absolute atomic E-state index is 8.74. The van der Waals surface area contributed by atoms with Crippen LogP contribution in [0.3, 0.4) is 0 Å². The van der Waals surface area contributed by atoms with Crippen molar-refractivity contribution in [2.24, 2.45) is 0 Å². The van der Waals surface area contributed by atoms with Crippen LogP contribution in [-0.2, 0) is 15.1 Å². The Bertz CT molecular complexity index is 138. The maximum Gasteiger partial charge on any atom is 0.394 e. The molecule has 0 aliphatic carbocycles. The Hall–Kier alpha value is -0.290. The van der Waals surface area contributed by atoms with E-state index in [4.69, 9.17) is 22.3 Å². The average Bonchev–Trinajstić information content (AvgIpc) is 1.63. The summed E-state index contributed by atoms with van der Waals surface area (Å²) in [6, 6.07) is 0.